The van der Waals surface area contributed by atoms with Gasteiger partial charge in [-0.15, -0.1) is 0 Å². The summed E-state index contributed by atoms with van der Waals surface area (Å²) in [7, 11) is 0. The van der Waals surface area contributed by atoms with Gasteiger partial charge >= 0.3 is 0 Å². The number of carbonyl (C=O) groups is 1. The van der Waals surface area contributed by atoms with Gasteiger partial charge in [-0.2, -0.15) is 0 Å². The van der Waals surface area contributed by atoms with Gasteiger partial charge in [-0.25, -0.2) is 9.37 Å². The number of aromatic amines is 1. The van der Waals surface area contributed by atoms with Crippen LogP contribution >= 0.6 is 11.6 Å². The van der Waals surface area contributed by atoms with Crippen LogP contribution in [-0.2, 0) is 11.2 Å². The van der Waals surface area contributed by atoms with Crippen LogP contribution < -0.4 is 5.32 Å². The molecule has 0 fully saturated rings. The Hall–Kier alpha value is -2.66. The largest absolute Gasteiger partial charge is 0.356 e. The fourth-order valence-corrected chi connectivity index (χ4v) is 2.73. The second-order valence-corrected chi connectivity index (χ2v) is 6.12. The minimum atomic E-state index is -0.319. The van der Waals surface area contributed by atoms with Crippen LogP contribution in [0.25, 0.3) is 22.6 Å². The van der Waals surface area contributed by atoms with E-state index in [9.17, 15) is 9.18 Å². The zero-order valence-corrected chi connectivity index (χ0v) is 14.4. The lowest BCUT2D eigenvalue weighted by molar-refractivity contribution is -0.118. The first-order valence-electron chi connectivity index (χ1n) is 7.87. The van der Waals surface area contributed by atoms with Crippen molar-refractivity contribution in [2.45, 2.75) is 13.3 Å². The van der Waals surface area contributed by atoms with Crippen molar-refractivity contribution in [2.75, 3.05) is 6.54 Å². The summed E-state index contributed by atoms with van der Waals surface area (Å²) >= 11 is 5.91. The summed E-state index contributed by atoms with van der Waals surface area (Å²) in [4.78, 5) is 18.6. The van der Waals surface area contributed by atoms with E-state index in [0.29, 0.717) is 23.8 Å². The maximum atomic E-state index is 13.7. The Morgan fingerprint density at radius 1 is 1.24 bits per heavy atom. The lowest BCUT2D eigenvalue weighted by Gasteiger charge is -2.09. The third-order valence-electron chi connectivity index (χ3n) is 3.82. The lowest BCUT2D eigenvalue weighted by atomic mass is 10.0. The van der Waals surface area contributed by atoms with Crippen molar-refractivity contribution in [1.29, 1.82) is 0 Å². The van der Waals surface area contributed by atoms with Gasteiger partial charge in [-0.05, 0) is 48.4 Å². The number of imidazole rings is 1. The molecule has 1 amide bonds. The minimum absolute atomic E-state index is 0.0878. The summed E-state index contributed by atoms with van der Waals surface area (Å²) in [5, 5.41) is 3.41. The second-order valence-electron chi connectivity index (χ2n) is 5.69. The van der Waals surface area contributed by atoms with Gasteiger partial charge in [0.05, 0.1) is 11.9 Å². The first kappa shape index (κ1) is 17.2. The molecule has 0 aliphatic heterocycles. The second kappa shape index (κ2) is 7.49. The van der Waals surface area contributed by atoms with E-state index in [-0.39, 0.29) is 11.7 Å². The predicted octanol–water partition coefficient (Wildman–Crippen LogP) is 4.21. The van der Waals surface area contributed by atoms with Crippen molar-refractivity contribution >= 4 is 17.5 Å². The summed E-state index contributed by atoms with van der Waals surface area (Å²) < 4.78 is 13.7. The third kappa shape index (κ3) is 4.25. The molecule has 4 nitrogen and oxygen atoms in total. The molecule has 6 heteroatoms. The first-order chi connectivity index (χ1) is 12.0. The number of hydrogen-bond donors (Lipinski definition) is 2. The molecular weight excluding hydrogens is 341 g/mol. The van der Waals surface area contributed by atoms with Gasteiger partial charge in [0.25, 0.3) is 0 Å². The van der Waals surface area contributed by atoms with Gasteiger partial charge in [0.15, 0.2) is 0 Å². The molecule has 2 N–H and O–H groups in total. The molecule has 0 aliphatic carbocycles. The summed E-state index contributed by atoms with van der Waals surface area (Å²) in [5.74, 6) is 0.278. The highest BCUT2D eigenvalue weighted by molar-refractivity contribution is 6.30. The number of benzene rings is 2. The Balaban J connectivity index is 1.89. The van der Waals surface area contributed by atoms with E-state index in [0.717, 1.165) is 22.4 Å². The van der Waals surface area contributed by atoms with Crippen LogP contribution in [0.15, 0.2) is 48.7 Å². The molecule has 0 bridgehead atoms. The molecule has 0 spiro atoms. The average Bonchev–Trinajstić information content (AvgIpc) is 3.06. The van der Waals surface area contributed by atoms with E-state index in [2.05, 4.69) is 15.3 Å². The number of carbonyl (C=O) groups excluding carboxylic acids is 1. The van der Waals surface area contributed by atoms with Gasteiger partial charge in [0.1, 0.15) is 11.6 Å². The lowest BCUT2D eigenvalue weighted by Crippen LogP contribution is -2.22. The highest BCUT2D eigenvalue weighted by Crippen LogP contribution is 2.27. The van der Waals surface area contributed by atoms with Crippen LogP contribution in [0.3, 0.4) is 0 Å². The molecule has 3 rings (SSSR count). The van der Waals surface area contributed by atoms with Crippen molar-refractivity contribution < 1.29 is 9.18 Å². The maximum absolute atomic E-state index is 13.7. The van der Waals surface area contributed by atoms with Gasteiger partial charge < -0.3 is 10.3 Å². The molecule has 0 saturated heterocycles. The predicted molar refractivity (Wildman–Crippen MR) is 96.8 cm³/mol. The van der Waals surface area contributed by atoms with Crippen LogP contribution in [0.5, 0.6) is 0 Å². The molecule has 0 atom stereocenters. The van der Waals surface area contributed by atoms with E-state index in [1.807, 2.05) is 12.1 Å². The number of amides is 1. The fourth-order valence-electron chi connectivity index (χ4n) is 2.60. The van der Waals surface area contributed by atoms with E-state index in [4.69, 9.17) is 11.6 Å². The van der Waals surface area contributed by atoms with Gasteiger partial charge in [-0.1, -0.05) is 17.7 Å². The van der Waals surface area contributed by atoms with Crippen molar-refractivity contribution in [3.63, 3.8) is 0 Å². The van der Waals surface area contributed by atoms with Crippen molar-refractivity contribution in [3.05, 3.63) is 65.1 Å². The monoisotopic (exact) mass is 357 g/mol. The minimum Gasteiger partial charge on any atom is -0.356 e. The molecule has 0 saturated carbocycles. The Bertz CT molecular complexity index is 890. The van der Waals surface area contributed by atoms with Gasteiger partial charge in [0, 0.05) is 29.6 Å². The van der Waals surface area contributed by atoms with E-state index >= 15 is 0 Å². The molecule has 3 aromatic rings. The maximum Gasteiger partial charge on any atom is 0.216 e. The first-order valence-corrected chi connectivity index (χ1v) is 8.25. The van der Waals surface area contributed by atoms with E-state index < -0.39 is 0 Å². The van der Waals surface area contributed by atoms with Crippen LogP contribution in [0.4, 0.5) is 4.39 Å². The Labute approximate surface area is 150 Å². The fraction of sp³-hybridized carbons (Fsp3) is 0.158. The molecule has 25 heavy (non-hydrogen) atoms. The molecule has 2 aromatic carbocycles. The van der Waals surface area contributed by atoms with Crippen LogP contribution in [0.2, 0.25) is 5.02 Å². The SMILES string of the molecule is CC(=O)NCCc1ccc(F)cc1-c1cnc(-c2ccc(Cl)cc2)[nH]1. The topological polar surface area (TPSA) is 57.8 Å². The number of halogens is 2. The summed E-state index contributed by atoms with van der Waals surface area (Å²) in [6.45, 7) is 1.96. The molecule has 1 aromatic heterocycles. The molecule has 0 unspecified atom stereocenters. The number of rotatable bonds is 5. The number of hydrogen-bond acceptors (Lipinski definition) is 2. The highest BCUT2D eigenvalue weighted by atomic mass is 35.5. The zero-order chi connectivity index (χ0) is 17.8. The average molecular weight is 358 g/mol. The summed E-state index contributed by atoms with van der Waals surface area (Å²) in [5.41, 5.74) is 3.29. The van der Waals surface area contributed by atoms with Crippen molar-refractivity contribution in [3.8, 4) is 22.6 Å². The van der Waals surface area contributed by atoms with Crippen molar-refractivity contribution in [1.82, 2.24) is 15.3 Å². The molecule has 0 aliphatic rings. The highest BCUT2D eigenvalue weighted by Gasteiger charge is 2.11. The molecule has 0 radical (unpaired) electrons. The standard InChI is InChI=1S/C19H17ClFN3O/c1-12(25)22-9-8-13-4-7-16(21)10-17(13)18-11-23-19(24-18)14-2-5-15(20)6-3-14/h2-7,10-11H,8-9H2,1H3,(H,22,25)(H,23,24). The summed E-state index contributed by atoms with van der Waals surface area (Å²) in [6.07, 6.45) is 2.28. The van der Waals surface area contributed by atoms with Crippen LogP contribution in [0.1, 0.15) is 12.5 Å². The summed E-state index contributed by atoms with van der Waals surface area (Å²) in [6, 6.07) is 11.9. The Morgan fingerprint density at radius 2 is 2.00 bits per heavy atom. The number of nitrogens with one attached hydrogen (secondary N) is 2. The number of aromatic nitrogens is 2. The normalized spacial score (nSPS) is 10.7. The van der Waals surface area contributed by atoms with E-state index in [1.54, 1.807) is 24.4 Å². The van der Waals surface area contributed by atoms with Crippen molar-refractivity contribution in [2.24, 2.45) is 0 Å². The van der Waals surface area contributed by atoms with Gasteiger partial charge in [0.2, 0.25) is 5.91 Å². The third-order valence-corrected chi connectivity index (χ3v) is 4.08. The Morgan fingerprint density at radius 3 is 2.72 bits per heavy atom. The van der Waals surface area contributed by atoms with Crippen LogP contribution in [-0.4, -0.2) is 22.4 Å². The van der Waals surface area contributed by atoms with Gasteiger partial charge in [-0.3, -0.25) is 4.79 Å². The van der Waals surface area contributed by atoms with E-state index in [1.165, 1.54) is 19.1 Å². The Kier molecular flexibility index (Phi) is 5.14. The smallest absolute Gasteiger partial charge is 0.216 e. The molecule has 1 heterocycles. The number of H-pyrrole nitrogens is 1. The molecular formula is C19H17ClFN3O. The zero-order valence-electron chi connectivity index (χ0n) is 13.6. The van der Waals surface area contributed by atoms with Crippen LogP contribution in [0, 0.1) is 5.82 Å². The quantitative estimate of drug-likeness (QED) is 0.718. The number of nitrogens with zero attached hydrogens (tertiary/aromatic N) is 1. The molecule has 128 valence electrons.